The van der Waals surface area contributed by atoms with E-state index in [9.17, 15) is 4.79 Å². The molecule has 0 aliphatic carbocycles. The summed E-state index contributed by atoms with van der Waals surface area (Å²) < 4.78 is 1.79. The predicted octanol–water partition coefficient (Wildman–Crippen LogP) is 6.37. The lowest BCUT2D eigenvalue weighted by Crippen LogP contribution is -2.05. The van der Waals surface area contributed by atoms with Gasteiger partial charge in [0.15, 0.2) is 6.29 Å². The monoisotopic (exact) mass is 467 g/mol. The molecule has 0 unspecified atom stereocenters. The zero-order valence-corrected chi connectivity index (χ0v) is 15.9. The number of carbonyl (C=O) groups excluding carboxylic acids is 1. The SMILES string of the molecule is C.CNCc1ccc(Cl)cc1Br.O=Cc1ccc(Cl)cc1Br. The van der Waals surface area contributed by atoms with Gasteiger partial charge in [0.2, 0.25) is 0 Å². The Morgan fingerprint density at radius 1 is 1.05 bits per heavy atom. The zero-order chi connectivity index (χ0) is 15.8. The quantitative estimate of drug-likeness (QED) is 0.529. The molecule has 0 amide bonds. The van der Waals surface area contributed by atoms with Crippen molar-refractivity contribution in [2.45, 2.75) is 14.0 Å². The Hall–Kier alpha value is -0.390. The molecule has 1 N–H and O–H groups in total. The van der Waals surface area contributed by atoms with E-state index in [1.165, 1.54) is 5.56 Å². The molecule has 0 radical (unpaired) electrons. The molecule has 0 aliphatic heterocycles. The van der Waals surface area contributed by atoms with E-state index in [0.717, 1.165) is 26.8 Å². The first-order valence-corrected chi connectivity index (χ1v) is 8.31. The highest BCUT2D eigenvalue weighted by atomic mass is 79.9. The summed E-state index contributed by atoms with van der Waals surface area (Å²) in [6.07, 6.45) is 0.778. The van der Waals surface area contributed by atoms with E-state index in [0.29, 0.717) is 10.6 Å². The van der Waals surface area contributed by atoms with Gasteiger partial charge in [0.05, 0.1) is 0 Å². The lowest BCUT2D eigenvalue weighted by Gasteiger charge is -2.02. The van der Waals surface area contributed by atoms with Gasteiger partial charge in [-0.25, -0.2) is 0 Å². The van der Waals surface area contributed by atoms with Crippen molar-refractivity contribution in [3.63, 3.8) is 0 Å². The second-order valence-electron chi connectivity index (χ2n) is 4.05. The number of halogens is 4. The topological polar surface area (TPSA) is 29.1 Å². The molecule has 22 heavy (non-hydrogen) atoms. The van der Waals surface area contributed by atoms with Crippen LogP contribution >= 0.6 is 55.1 Å². The van der Waals surface area contributed by atoms with Crippen LogP contribution < -0.4 is 5.32 Å². The van der Waals surface area contributed by atoms with Gasteiger partial charge in [-0.3, -0.25) is 4.79 Å². The van der Waals surface area contributed by atoms with Crippen molar-refractivity contribution in [1.29, 1.82) is 0 Å². The van der Waals surface area contributed by atoms with Crippen LogP contribution in [-0.4, -0.2) is 13.3 Å². The molecule has 0 saturated carbocycles. The Kier molecular flexibility index (Phi) is 11.0. The molecule has 2 aromatic rings. The molecule has 6 heteroatoms. The average molecular weight is 470 g/mol. The third kappa shape index (κ3) is 7.25. The smallest absolute Gasteiger partial charge is 0.151 e. The second kappa shape index (κ2) is 11.2. The van der Waals surface area contributed by atoms with Gasteiger partial charge in [0.25, 0.3) is 0 Å². The number of nitrogens with one attached hydrogen (secondary N) is 1. The summed E-state index contributed by atoms with van der Waals surface area (Å²) in [6.45, 7) is 0.859. The summed E-state index contributed by atoms with van der Waals surface area (Å²) in [5, 5.41) is 4.45. The van der Waals surface area contributed by atoms with E-state index in [2.05, 4.69) is 37.2 Å². The number of hydrogen-bond acceptors (Lipinski definition) is 2. The molecule has 0 heterocycles. The first kappa shape index (κ1) is 21.6. The molecule has 0 aromatic heterocycles. The Morgan fingerprint density at radius 3 is 2.05 bits per heavy atom. The van der Waals surface area contributed by atoms with Gasteiger partial charge in [0.1, 0.15) is 0 Å². The van der Waals surface area contributed by atoms with Crippen molar-refractivity contribution in [1.82, 2.24) is 5.32 Å². The van der Waals surface area contributed by atoms with Gasteiger partial charge in [-0.15, -0.1) is 0 Å². The molecular weight excluding hydrogens is 453 g/mol. The van der Waals surface area contributed by atoms with Gasteiger partial charge in [0, 0.05) is 31.1 Å². The lowest BCUT2D eigenvalue weighted by atomic mass is 10.2. The highest BCUT2D eigenvalue weighted by Gasteiger charge is 1.98. The van der Waals surface area contributed by atoms with Crippen LogP contribution in [0.2, 0.25) is 10.0 Å². The highest BCUT2D eigenvalue weighted by molar-refractivity contribution is 9.10. The molecular formula is C16H17Br2Cl2NO. The minimum absolute atomic E-state index is 0. The largest absolute Gasteiger partial charge is 0.316 e. The van der Waals surface area contributed by atoms with Gasteiger partial charge < -0.3 is 5.32 Å². The zero-order valence-electron chi connectivity index (χ0n) is 11.2. The second-order valence-corrected chi connectivity index (χ2v) is 6.63. The van der Waals surface area contributed by atoms with Crippen LogP contribution in [0.4, 0.5) is 0 Å². The van der Waals surface area contributed by atoms with E-state index in [1.54, 1.807) is 18.2 Å². The first-order chi connectivity index (χ1) is 9.97. The average Bonchev–Trinajstić information content (AvgIpc) is 2.43. The van der Waals surface area contributed by atoms with Crippen LogP contribution in [0.3, 0.4) is 0 Å². The molecule has 2 rings (SSSR count). The van der Waals surface area contributed by atoms with Crippen LogP contribution in [-0.2, 0) is 6.54 Å². The molecule has 0 saturated heterocycles. The molecule has 0 aliphatic rings. The summed E-state index contributed by atoms with van der Waals surface area (Å²) in [4.78, 5) is 10.3. The predicted molar refractivity (Wildman–Crippen MR) is 103 cm³/mol. The lowest BCUT2D eigenvalue weighted by molar-refractivity contribution is 0.112. The molecule has 0 atom stereocenters. The van der Waals surface area contributed by atoms with Crippen LogP contribution in [0.15, 0.2) is 45.3 Å². The third-order valence-electron chi connectivity index (χ3n) is 2.47. The van der Waals surface area contributed by atoms with Gasteiger partial charge in [-0.05, 0) is 42.9 Å². The van der Waals surface area contributed by atoms with E-state index in [1.807, 2.05) is 25.2 Å². The standard InChI is InChI=1S/C8H9BrClN.C7H4BrClO.CH4/c1-11-5-6-2-3-7(10)4-8(6)9;8-7-3-6(9)2-1-5(7)4-10;/h2-4,11H,5H2,1H3;1-4H;1H4. The maximum atomic E-state index is 10.3. The fraction of sp³-hybridized carbons (Fsp3) is 0.188. The Bertz CT molecular complexity index is 621. The van der Waals surface area contributed by atoms with Crippen molar-refractivity contribution in [2.24, 2.45) is 0 Å². The van der Waals surface area contributed by atoms with Crippen molar-refractivity contribution in [2.75, 3.05) is 7.05 Å². The Labute approximate surface area is 158 Å². The van der Waals surface area contributed by atoms with Gasteiger partial charge in [-0.2, -0.15) is 0 Å². The number of hydrogen-bond donors (Lipinski definition) is 1. The normalized spacial score (nSPS) is 9.32. The summed E-state index contributed by atoms with van der Waals surface area (Å²) in [7, 11) is 1.92. The summed E-state index contributed by atoms with van der Waals surface area (Å²) in [5.74, 6) is 0. The summed E-state index contributed by atoms with van der Waals surface area (Å²) >= 11 is 18.0. The first-order valence-electron chi connectivity index (χ1n) is 5.96. The fourth-order valence-electron chi connectivity index (χ4n) is 1.45. The number of aldehydes is 1. The summed E-state index contributed by atoms with van der Waals surface area (Å²) in [5.41, 5.74) is 1.83. The van der Waals surface area contributed by atoms with Crippen molar-refractivity contribution in [3.8, 4) is 0 Å². The molecule has 120 valence electrons. The van der Waals surface area contributed by atoms with E-state index < -0.39 is 0 Å². The molecule has 2 nitrogen and oxygen atoms in total. The maximum Gasteiger partial charge on any atom is 0.151 e. The van der Waals surface area contributed by atoms with Crippen molar-refractivity contribution < 1.29 is 4.79 Å². The van der Waals surface area contributed by atoms with Gasteiger partial charge in [-0.1, -0.05) is 68.6 Å². The Balaban J connectivity index is 0.000000385. The van der Waals surface area contributed by atoms with Crippen LogP contribution in [0, 0.1) is 0 Å². The minimum atomic E-state index is 0. The minimum Gasteiger partial charge on any atom is -0.316 e. The molecule has 0 fully saturated rings. The third-order valence-corrected chi connectivity index (χ3v) is 4.37. The Morgan fingerprint density at radius 2 is 1.59 bits per heavy atom. The van der Waals surface area contributed by atoms with Crippen LogP contribution in [0.25, 0.3) is 0 Å². The van der Waals surface area contributed by atoms with Crippen LogP contribution in [0.1, 0.15) is 23.3 Å². The van der Waals surface area contributed by atoms with Crippen molar-refractivity contribution in [3.05, 3.63) is 66.5 Å². The van der Waals surface area contributed by atoms with E-state index in [4.69, 9.17) is 23.2 Å². The number of carbonyl (C=O) groups is 1. The van der Waals surface area contributed by atoms with Crippen LogP contribution in [0.5, 0.6) is 0 Å². The fourth-order valence-corrected chi connectivity index (χ4v) is 3.05. The van der Waals surface area contributed by atoms with E-state index >= 15 is 0 Å². The molecule has 0 spiro atoms. The summed E-state index contributed by atoms with van der Waals surface area (Å²) in [6, 6.07) is 10.8. The maximum absolute atomic E-state index is 10.3. The molecule has 0 bridgehead atoms. The highest BCUT2D eigenvalue weighted by Crippen LogP contribution is 2.21. The number of rotatable bonds is 3. The van der Waals surface area contributed by atoms with Crippen molar-refractivity contribution >= 4 is 61.3 Å². The van der Waals surface area contributed by atoms with Gasteiger partial charge >= 0.3 is 0 Å². The number of benzene rings is 2. The van der Waals surface area contributed by atoms with E-state index in [-0.39, 0.29) is 7.43 Å². The molecule has 2 aromatic carbocycles.